The van der Waals surface area contributed by atoms with Gasteiger partial charge in [0.25, 0.3) is 0 Å². The van der Waals surface area contributed by atoms with Gasteiger partial charge >= 0.3 is 0 Å². The Hall–Kier alpha value is -1.26. The minimum Gasteiger partial charge on any atom is -0.496 e. The van der Waals surface area contributed by atoms with E-state index in [9.17, 15) is 5.11 Å². The molecule has 1 aromatic rings. The lowest BCUT2D eigenvalue weighted by Crippen LogP contribution is -2.13. The van der Waals surface area contributed by atoms with Gasteiger partial charge in [-0.25, -0.2) is 0 Å². The summed E-state index contributed by atoms with van der Waals surface area (Å²) in [6, 6.07) is 3.63. The van der Waals surface area contributed by atoms with Crippen molar-refractivity contribution in [2.45, 2.75) is 20.0 Å². The molecular weight excluding hydrogens is 206 g/mol. The van der Waals surface area contributed by atoms with Crippen LogP contribution in [-0.2, 0) is 0 Å². The fraction of sp³-hybridized carbons (Fsp3) is 0.500. The molecule has 90 valence electrons. The third kappa shape index (κ3) is 2.65. The van der Waals surface area contributed by atoms with Gasteiger partial charge in [0.1, 0.15) is 11.5 Å². The highest BCUT2D eigenvalue weighted by molar-refractivity contribution is 5.47. The van der Waals surface area contributed by atoms with E-state index >= 15 is 0 Å². The predicted octanol–water partition coefficient (Wildman–Crippen LogP) is 1.39. The molecule has 0 aliphatic rings. The summed E-state index contributed by atoms with van der Waals surface area (Å²) in [6.07, 6.45) is -0.727. The largest absolute Gasteiger partial charge is 0.496 e. The van der Waals surface area contributed by atoms with Crippen molar-refractivity contribution in [1.82, 2.24) is 0 Å². The highest BCUT2D eigenvalue weighted by Gasteiger charge is 2.15. The summed E-state index contributed by atoms with van der Waals surface area (Å²) in [5.41, 5.74) is 7.09. The average Bonchev–Trinajstić information content (AvgIpc) is 2.30. The van der Waals surface area contributed by atoms with Gasteiger partial charge in [-0.1, -0.05) is 0 Å². The van der Waals surface area contributed by atoms with Crippen molar-refractivity contribution in [1.29, 1.82) is 0 Å². The molecule has 3 N–H and O–H groups in total. The molecule has 0 saturated heterocycles. The lowest BCUT2D eigenvalue weighted by molar-refractivity contribution is 0.181. The second-order valence-corrected chi connectivity index (χ2v) is 3.54. The molecule has 0 aliphatic heterocycles. The molecule has 0 radical (unpaired) electrons. The van der Waals surface area contributed by atoms with Crippen LogP contribution in [0.25, 0.3) is 0 Å². The third-order valence-electron chi connectivity index (χ3n) is 2.41. The van der Waals surface area contributed by atoms with Crippen molar-refractivity contribution < 1.29 is 14.6 Å². The Morgan fingerprint density at radius 1 is 1.38 bits per heavy atom. The smallest absolute Gasteiger partial charge is 0.125 e. The van der Waals surface area contributed by atoms with Crippen LogP contribution in [0, 0.1) is 6.92 Å². The zero-order valence-electron chi connectivity index (χ0n) is 9.99. The quantitative estimate of drug-likeness (QED) is 0.795. The second kappa shape index (κ2) is 5.72. The van der Waals surface area contributed by atoms with Gasteiger partial charge in [-0.2, -0.15) is 0 Å². The third-order valence-corrected chi connectivity index (χ3v) is 2.41. The molecule has 1 aromatic carbocycles. The minimum absolute atomic E-state index is 0.158. The summed E-state index contributed by atoms with van der Waals surface area (Å²) in [7, 11) is 1.57. The van der Waals surface area contributed by atoms with Crippen LogP contribution in [0.2, 0.25) is 0 Å². The lowest BCUT2D eigenvalue weighted by Gasteiger charge is -2.16. The summed E-state index contributed by atoms with van der Waals surface area (Å²) in [6.45, 7) is 4.60. The molecular formula is C12H19NO3. The van der Waals surface area contributed by atoms with Gasteiger partial charge in [-0.05, 0) is 31.5 Å². The minimum atomic E-state index is -0.727. The van der Waals surface area contributed by atoms with Crippen molar-refractivity contribution in [3.63, 3.8) is 0 Å². The monoisotopic (exact) mass is 225 g/mol. The van der Waals surface area contributed by atoms with Crippen LogP contribution in [0.5, 0.6) is 11.5 Å². The van der Waals surface area contributed by atoms with E-state index in [1.165, 1.54) is 0 Å². The van der Waals surface area contributed by atoms with Gasteiger partial charge in [0, 0.05) is 12.1 Å². The molecule has 0 amide bonds. The Morgan fingerprint density at radius 2 is 2.06 bits per heavy atom. The molecule has 1 atom stereocenters. The molecule has 1 rings (SSSR count). The fourth-order valence-corrected chi connectivity index (χ4v) is 1.55. The van der Waals surface area contributed by atoms with Crippen molar-refractivity contribution in [2.24, 2.45) is 5.73 Å². The van der Waals surface area contributed by atoms with Crippen LogP contribution >= 0.6 is 0 Å². The van der Waals surface area contributed by atoms with Gasteiger partial charge in [0.15, 0.2) is 0 Å². The molecule has 4 heteroatoms. The molecule has 0 heterocycles. The molecule has 4 nitrogen and oxygen atoms in total. The highest BCUT2D eigenvalue weighted by Crippen LogP contribution is 2.32. The number of aliphatic hydroxyl groups excluding tert-OH is 1. The Kier molecular flexibility index (Phi) is 4.58. The Bertz CT molecular complexity index is 352. The first-order valence-electron chi connectivity index (χ1n) is 5.33. The van der Waals surface area contributed by atoms with Crippen LogP contribution in [-0.4, -0.2) is 25.4 Å². The maximum absolute atomic E-state index is 9.76. The lowest BCUT2D eigenvalue weighted by atomic mass is 10.0. The molecule has 0 aliphatic carbocycles. The highest BCUT2D eigenvalue weighted by atomic mass is 16.5. The maximum Gasteiger partial charge on any atom is 0.125 e. The standard InChI is InChI=1S/C12H19NO3/c1-4-16-11-6-9(10(14)7-13)12(15-3)5-8(11)2/h5-6,10,14H,4,7,13H2,1-3H3. The van der Waals surface area contributed by atoms with Crippen molar-refractivity contribution in [3.05, 3.63) is 23.3 Å². The molecule has 1 unspecified atom stereocenters. The van der Waals surface area contributed by atoms with Crippen molar-refractivity contribution >= 4 is 0 Å². The first-order chi connectivity index (χ1) is 7.63. The number of aryl methyl sites for hydroxylation is 1. The van der Waals surface area contributed by atoms with Crippen molar-refractivity contribution in [3.8, 4) is 11.5 Å². The topological polar surface area (TPSA) is 64.7 Å². The normalized spacial score (nSPS) is 12.3. The number of ether oxygens (including phenoxy) is 2. The number of methoxy groups -OCH3 is 1. The summed E-state index contributed by atoms with van der Waals surface area (Å²) in [4.78, 5) is 0. The zero-order chi connectivity index (χ0) is 12.1. The number of rotatable bonds is 5. The van der Waals surface area contributed by atoms with E-state index in [1.807, 2.05) is 19.9 Å². The van der Waals surface area contributed by atoms with Gasteiger partial charge in [-0.15, -0.1) is 0 Å². The summed E-state index contributed by atoms with van der Waals surface area (Å²) >= 11 is 0. The van der Waals surface area contributed by atoms with Crippen LogP contribution in [0.3, 0.4) is 0 Å². The molecule has 0 bridgehead atoms. The zero-order valence-corrected chi connectivity index (χ0v) is 9.99. The number of aliphatic hydroxyl groups is 1. The van der Waals surface area contributed by atoms with E-state index in [0.29, 0.717) is 17.9 Å². The fourth-order valence-electron chi connectivity index (χ4n) is 1.55. The van der Waals surface area contributed by atoms with Gasteiger partial charge in [0.05, 0.1) is 19.8 Å². The Labute approximate surface area is 96.0 Å². The van der Waals surface area contributed by atoms with Crippen molar-refractivity contribution in [2.75, 3.05) is 20.3 Å². The molecule has 0 saturated carbocycles. The van der Waals surface area contributed by atoms with E-state index in [1.54, 1.807) is 13.2 Å². The second-order valence-electron chi connectivity index (χ2n) is 3.54. The molecule has 0 spiro atoms. The first-order valence-corrected chi connectivity index (χ1v) is 5.33. The van der Waals surface area contributed by atoms with Crippen LogP contribution < -0.4 is 15.2 Å². The van der Waals surface area contributed by atoms with E-state index in [0.717, 1.165) is 11.3 Å². The Morgan fingerprint density at radius 3 is 2.56 bits per heavy atom. The van der Waals surface area contributed by atoms with Gasteiger partial charge in [-0.3, -0.25) is 0 Å². The molecule has 16 heavy (non-hydrogen) atoms. The predicted molar refractivity (Wildman–Crippen MR) is 62.9 cm³/mol. The number of hydrogen-bond acceptors (Lipinski definition) is 4. The van der Waals surface area contributed by atoms with Gasteiger partial charge < -0.3 is 20.3 Å². The van der Waals surface area contributed by atoms with Crippen LogP contribution in [0.4, 0.5) is 0 Å². The number of nitrogens with two attached hydrogens (primary N) is 1. The molecule has 0 fully saturated rings. The summed E-state index contributed by atoms with van der Waals surface area (Å²) in [5.74, 6) is 1.39. The van der Waals surface area contributed by atoms with Crippen LogP contribution in [0.15, 0.2) is 12.1 Å². The van der Waals surface area contributed by atoms with E-state index in [4.69, 9.17) is 15.2 Å². The number of hydrogen-bond donors (Lipinski definition) is 2. The summed E-state index contributed by atoms with van der Waals surface area (Å²) in [5, 5.41) is 9.76. The van der Waals surface area contributed by atoms with E-state index in [-0.39, 0.29) is 6.54 Å². The number of benzene rings is 1. The Balaban J connectivity index is 3.17. The summed E-state index contributed by atoms with van der Waals surface area (Å²) < 4.78 is 10.7. The van der Waals surface area contributed by atoms with E-state index < -0.39 is 6.10 Å². The SMILES string of the molecule is CCOc1cc(C(O)CN)c(OC)cc1C. The maximum atomic E-state index is 9.76. The van der Waals surface area contributed by atoms with E-state index in [2.05, 4.69) is 0 Å². The van der Waals surface area contributed by atoms with Gasteiger partial charge in [0.2, 0.25) is 0 Å². The molecule has 0 aromatic heterocycles. The first kappa shape index (κ1) is 12.8. The average molecular weight is 225 g/mol. The van der Waals surface area contributed by atoms with Crippen LogP contribution in [0.1, 0.15) is 24.2 Å².